The van der Waals surface area contributed by atoms with Crippen LogP contribution in [0, 0.1) is 0 Å². The van der Waals surface area contributed by atoms with E-state index in [0.29, 0.717) is 0 Å². The zero-order chi connectivity index (χ0) is 7.68. The molecule has 0 nitrogen and oxygen atoms in total. The quantitative estimate of drug-likeness (QED) is 0.604. The summed E-state index contributed by atoms with van der Waals surface area (Å²) in [6.07, 6.45) is 4.95. The highest BCUT2D eigenvalue weighted by molar-refractivity contribution is 7.98. The van der Waals surface area contributed by atoms with E-state index in [4.69, 9.17) is 0 Å². The molecular weight excluding hydrogens is 152 g/mol. The molecule has 0 bridgehead atoms. The van der Waals surface area contributed by atoms with Crippen molar-refractivity contribution in [2.45, 2.75) is 23.7 Å². The first kappa shape index (κ1) is 7.23. The van der Waals surface area contributed by atoms with Gasteiger partial charge in [0.1, 0.15) is 0 Å². The molecule has 0 saturated heterocycles. The maximum absolute atomic E-state index is 2.27. The highest BCUT2D eigenvalue weighted by atomic mass is 32.2. The molecule has 11 heavy (non-hydrogen) atoms. The van der Waals surface area contributed by atoms with E-state index in [2.05, 4.69) is 30.5 Å². The van der Waals surface area contributed by atoms with Gasteiger partial charge >= 0.3 is 0 Å². The van der Waals surface area contributed by atoms with Crippen molar-refractivity contribution in [3.63, 3.8) is 0 Å². The number of benzene rings is 1. The minimum atomic E-state index is 0.888. The molecule has 0 atom stereocenters. The summed E-state index contributed by atoms with van der Waals surface area (Å²) in [4.78, 5) is 1.47. The smallest absolute Gasteiger partial charge is 0.0104 e. The number of hydrogen-bond donors (Lipinski definition) is 0. The predicted molar refractivity (Wildman–Crippen MR) is 50.2 cm³/mol. The average molecular weight is 164 g/mol. The molecule has 1 aliphatic carbocycles. The van der Waals surface area contributed by atoms with E-state index in [-0.39, 0.29) is 0 Å². The van der Waals surface area contributed by atoms with Crippen LogP contribution in [-0.2, 0) is 0 Å². The third-order valence-corrected chi connectivity index (χ3v) is 2.97. The van der Waals surface area contributed by atoms with Gasteiger partial charge in [0.05, 0.1) is 0 Å². The zero-order valence-corrected chi connectivity index (χ0v) is 7.53. The summed E-state index contributed by atoms with van der Waals surface area (Å²) < 4.78 is 0. The summed E-state index contributed by atoms with van der Waals surface area (Å²) in [5.74, 6) is 0.888. The zero-order valence-electron chi connectivity index (χ0n) is 6.71. The van der Waals surface area contributed by atoms with Crippen LogP contribution in [0.15, 0.2) is 29.2 Å². The van der Waals surface area contributed by atoms with Crippen molar-refractivity contribution >= 4 is 11.8 Å². The van der Waals surface area contributed by atoms with Crippen LogP contribution in [0.25, 0.3) is 0 Å². The molecule has 1 aliphatic rings. The van der Waals surface area contributed by atoms with Gasteiger partial charge in [-0.05, 0) is 36.6 Å². The van der Waals surface area contributed by atoms with E-state index < -0.39 is 0 Å². The standard InChI is InChI=1S/C10H12S/c1-11-10-5-3-2-4-9(10)8-6-7-8/h2-5,8H,6-7H2,1H3. The fourth-order valence-corrected chi connectivity index (χ4v) is 2.08. The van der Waals surface area contributed by atoms with Crippen molar-refractivity contribution in [2.24, 2.45) is 0 Å². The lowest BCUT2D eigenvalue weighted by Crippen LogP contribution is -1.81. The summed E-state index contributed by atoms with van der Waals surface area (Å²) in [7, 11) is 0. The monoisotopic (exact) mass is 164 g/mol. The SMILES string of the molecule is CSc1ccccc1C1CC1. The normalized spacial score (nSPS) is 16.8. The molecule has 2 rings (SSSR count). The van der Waals surface area contributed by atoms with Crippen LogP contribution in [-0.4, -0.2) is 6.26 Å². The van der Waals surface area contributed by atoms with Crippen molar-refractivity contribution in [3.05, 3.63) is 29.8 Å². The molecule has 1 aromatic carbocycles. The Morgan fingerprint density at radius 2 is 2.00 bits per heavy atom. The average Bonchev–Trinajstić information content (AvgIpc) is 2.87. The van der Waals surface area contributed by atoms with Crippen molar-refractivity contribution in [1.82, 2.24) is 0 Å². The first-order valence-corrected chi connectivity index (χ1v) is 5.27. The molecule has 0 radical (unpaired) electrons. The second kappa shape index (κ2) is 2.90. The van der Waals surface area contributed by atoms with Gasteiger partial charge in [0, 0.05) is 4.90 Å². The fraction of sp³-hybridized carbons (Fsp3) is 0.400. The molecule has 0 unspecified atom stereocenters. The Morgan fingerprint density at radius 3 is 2.64 bits per heavy atom. The summed E-state index contributed by atoms with van der Waals surface area (Å²) in [5, 5.41) is 0. The van der Waals surface area contributed by atoms with E-state index >= 15 is 0 Å². The lowest BCUT2D eigenvalue weighted by atomic mass is 10.1. The third kappa shape index (κ3) is 1.43. The number of hydrogen-bond acceptors (Lipinski definition) is 1. The van der Waals surface area contributed by atoms with Crippen LogP contribution in [0.5, 0.6) is 0 Å². The Labute approximate surface area is 72.0 Å². The number of rotatable bonds is 2. The Kier molecular flexibility index (Phi) is 1.91. The molecule has 58 valence electrons. The van der Waals surface area contributed by atoms with Crippen molar-refractivity contribution < 1.29 is 0 Å². The molecule has 0 N–H and O–H groups in total. The molecule has 0 amide bonds. The second-order valence-electron chi connectivity index (χ2n) is 3.02. The van der Waals surface area contributed by atoms with Gasteiger partial charge in [-0.1, -0.05) is 18.2 Å². The van der Waals surface area contributed by atoms with E-state index in [9.17, 15) is 0 Å². The lowest BCUT2D eigenvalue weighted by Gasteiger charge is -2.03. The number of thioether (sulfide) groups is 1. The summed E-state index contributed by atoms with van der Waals surface area (Å²) in [6.45, 7) is 0. The van der Waals surface area contributed by atoms with Gasteiger partial charge in [0.15, 0.2) is 0 Å². The fourth-order valence-electron chi connectivity index (χ4n) is 1.40. The first-order chi connectivity index (χ1) is 5.42. The maximum Gasteiger partial charge on any atom is 0.0104 e. The van der Waals surface area contributed by atoms with Crippen LogP contribution in [0.1, 0.15) is 24.3 Å². The van der Waals surface area contributed by atoms with E-state index in [1.54, 1.807) is 5.56 Å². The molecule has 0 heterocycles. The van der Waals surface area contributed by atoms with Gasteiger partial charge in [0.25, 0.3) is 0 Å². The largest absolute Gasteiger partial charge is 0.129 e. The summed E-state index contributed by atoms with van der Waals surface area (Å²) >= 11 is 1.86. The van der Waals surface area contributed by atoms with Gasteiger partial charge in [0.2, 0.25) is 0 Å². The van der Waals surface area contributed by atoms with Gasteiger partial charge < -0.3 is 0 Å². The van der Waals surface area contributed by atoms with Crippen LogP contribution in [0.4, 0.5) is 0 Å². The van der Waals surface area contributed by atoms with Crippen LogP contribution in [0.3, 0.4) is 0 Å². The van der Waals surface area contributed by atoms with Crippen LogP contribution >= 0.6 is 11.8 Å². The molecule has 1 heteroatoms. The predicted octanol–water partition coefficient (Wildman–Crippen LogP) is 3.29. The Bertz CT molecular complexity index is 251. The van der Waals surface area contributed by atoms with Crippen molar-refractivity contribution in [3.8, 4) is 0 Å². The first-order valence-electron chi connectivity index (χ1n) is 4.04. The van der Waals surface area contributed by atoms with Gasteiger partial charge in [-0.25, -0.2) is 0 Å². The van der Waals surface area contributed by atoms with Gasteiger partial charge in [-0.3, -0.25) is 0 Å². The minimum absolute atomic E-state index is 0.888. The van der Waals surface area contributed by atoms with E-state index in [1.807, 2.05) is 11.8 Å². The molecule has 0 aliphatic heterocycles. The maximum atomic E-state index is 2.27. The van der Waals surface area contributed by atoms with E-state index in [1.165, 1.54) is 17.7 Å². The Balaban J connectivity index is 2.34. The van der Waals surface area contributed by atoms with Crippen LogP contribution in [0.2, 0.25) is 0 Å². The van der Waals surface area contributed by atoms with Crippen molar-refractivity contribution in [1.29, 1.82) is 0 Å². The lowest BCUT2D eigenvalue weighted by molar-refractivity contribution is 1.07. The van der Waals surface area contributed by atoms with Crippen LogP contribution < -0.4 is 0 Å². The van der Waals surface area contributed by atoms with Gasteiger partial charge in [-0.15, -0.1) is 11.8 Å². The molecular formula is C10H12S. The Morgan fingerprint density at radius 1 is 1.27 bits per heavy atom. The highest BCUT2D eigenvalue weighted by Crippen LogP contribution is 2.43. The minimum Gasteiger partial charge on any atom is -0.129 e. The third-order valence-electron chi connectivity index (χ3n) is 2.16. The van der Waals surface area contributed by atoms with Gasteiger partial charge in [-0.2, -0.15) is 0 Å². The Hall–Kier alpha value is -0.430. The van der Waals surface area contributed by atoms with Crippen molar-refractivity contribution in [2.75, 3.05) is 6.26 Å². The molecule has 1 fully saturated rings. The highest BCUT2D eigenvalue weighted by Gasteiger charge is 2.25. The van der Waals surface area contributed by atoms with E-state index in [0.717, 1.165) is 5.92 Å². The molecule has 0 spiro atoms. The molecule has 0 aromatic heterocycles. The molecule has 1 saturated carbocycles. The second-order valence-corrected chi connectivity index (χ2v) is 3.86. The molecule has 1 aromatic rings. The summed E-state index contributed by atoms with van der Waals surface area (Å²) in [6, 6.07) is 8.76. The topological polar surface area (TPSA) is 0 Å². The summed E-state index contributed by atoms with van der Waals surface area (Å²) in [5.41, 5.74) is 1.57.